The predicted octanol–water partition coefficient (Wildman–Crippen LogP) is 2.51. The number of furan rings is 1. The molecule has 18 heavy (non-hydrogen) atoms. The van der Waals surface area contributed by atoms with E-state index in [0.29, 0.717) is 25.2 Å². The molecule has 1 aromatic heterocycles. The maximum Gasteiger partial charge on any atom is 0.127 e. The van der Waals surface area contributed by atoms with Gasteiger partial charge in [-0.15, -0.1) is 0 Å². The highest BCUT2D eigenvalue weighted by Gasteiger charge is 2.09. The van der Waals surface area contributed by atoms with Crippen molar-refractivity contribution in [3.05, 3.63) is 59.3 Å². The summed E-state index contributed by atoms with van der Waals surface area (Å²) in [5, 5.41) is 0. The van der Waals surface area contributed by atoms with E-state index >= 15 is 0 Å². The van der Waals surface area contributed by atoms with Crippen LogP contribution in [0.2, 0.25) is 0 Å². The van der Waals surface area contributed by atoms with Gasteiger partial charge in [0.15, 0.2) is 0 Å². The van der Waals surface area contributed by atoms with Crippen LogP contribution in [-0.4, -0.2) is 11.9 Å². The summed E-state index contributed by atoms with van der Waals surface area (Å²) in [5.74, 6) is 0.617. The number of halogens is 1. The highest BCUT2D eigenvalue weighted by Crippen LogP contribution is 2.15. The van der Waals surface area contributed by atoms with Gasteiger partial charge in [0.25, 0.3) is 0 Å². The molecule has 0 fully saturated rings. The van der Waals surface area contributed by atoms with E-state index in [-0.39, 0.29) is 5.82 Å². The van der Waals surface area contributed by atoms with Crippen LogP contribution in [-0.2, 0) is 19.6 Å². The minimum absolute atomic E-state index is 0.171. The Morgan fingerprint density at radius 1 is 1.17 bits per heavy atom. The van der Waals surface area contributed by atoms with Crippen molar-refractivity contribution in [2.24, 2.45) is 5.73 Å². The molecule has 3 nitrogen and oxygen atoms in total. The topological polar surface area (TPSA) is 42.4 Å². The SMILES string of the molecule is CN(Cc1ccccc1F)Cc1ccoc1CN. The Balaban J connectivity index is 2.01. The van der Waals surface area contributed by atoms with Crippen molar-refractivity contribution in [2.45, 2.75) is 19.6 Å². The lowest BCUT2D eigenvalue weighted by Crippen LogP contribution is -2.18. The molecule has 0 aliphatic rings. The molecule has 0 saturated carbocycles. The molecule has 2 N–H and O–H groups in total. The summed E-state index contributed by atoms with van der Waals surface area (Å²) in [4.78, 5) is 2.03. The van der Waals surface area contributed by atoms with Crippen molar-refractivity contribution in [1.82, 2.24) is 4.90 Å². The van der Waals surface area contributed by atoms with Crippen LogP contribution in [0.1, 0.15) is 16.9 Å². The van der Waals surface area contributed by atoms with E-state index in [1.165, 1.54) is 6.07 Å². The Bertz CT molecular complexity index is 510. The van der Waals surface area contributed by atoms with Gasteiger partial charge in [0.2, 0.25) is 0 Å². The van der Waals surface area contributed by atoms with Gasteiger partial charge in [-0.1, -0.05) is 18.2 Å². The lowest BCUT2D eigenvalue weighted by molar-refractivity contribution is 0.310. The molecule has 2 aromatic rings. The Hall–Kier alpha value is -1.65. The molecule has 0 radical (unpaired) electrons. The maximum atomic E-state index is 13.5. The van der Waals surface area contributed by atoms with Crippen LogP contribution in [0.4, 0.5) is 4.39 Å². The lowest BCUT2D eigenvalue weighted by Gasteiger charge is -2.16. The molecule has 0 aliphatic carbocycles. The molecule has 0 spiro atoms. The minimum Gasteiger partial charge on any atom is -0.468 e. The van der Waals surface area contributed by atoms with Crippen LogP contribution >= 0.6 is 0 Å². The lowest BCUT2D eigenvalue weighted by atomic mass is 10.2. The van der Waals surface area contributed by atoms with Crippen molar-refractivity contribution >= 4 is 0 Å². The van der Waals surface area contributed by atoms with Gasteiger partial charge in [-0.05, 0) is 19.2 Å². The van der Waals surface area contributed by atoms with Crippen LogP contribution in [0.25, 0.3) is 0 Å². The second-order valence-electron chi connectivity index (χ2n) is 4.34. The third-order valence-corrected chi connectivity index (χ3v) is 2.86. The fourth-order valence-electron chi connectivity index (χ4n) is 1.95. The van der Waals surface area contributed by atoms with Crippen LogP contribution in [0.3, 0.4) is 0 Å². The van der Waals surface area contributed by atoms with Gasteiger partial charge >= 0.3 is 0 Å². The normalized spacial score (nSPS) is 11.1. The molecule has 96 valence electrons. The van der Waals surface area contributed by atoms with Crippen molar-refractivity contribution < 1.29 is 8.81 Å². The summed E-state index contributed by atoms with van der Waals surface area (Å²) >= 11 is 0. The van der Waals surface area contributed by atoms with Crippen molar-refractivity contribution in [2.75, 3.05) is 7.05 Å². The van der Waals surface area contributed by atoms with Gasteiger partial charge < -0.3 is 10.2 Å². The first-order chi connectivity index (χ1) is 8.70. The van der Waals surface area contributed by atoms with E-state index in [4.69, 9.17) is 10.2 Å². The second kappa shape index (κ2) is 5.80. The van der Waals surface area contributed by atoms with Crippen LogP contribution in [0.5, 0.6) is 0 Å². The Morgan fingerprint density at radius 3 is 2.61 bits per heavy atom. The van der Waals surface area contributed by atoms with E-state index < -0.39 is 0 Å². The molecule has 1 aromatic carbocycles. The Kier molecular flexibility index (Phi) is 4.12. The number of hydrogen-bond acceptors (Lipinski definition) is 3. The third kappa shape index (κ3) is 2.97. The third-order valence-electron chi connectivity index (χ3n) is 2.86. The summed E-state index contributed by atoms with van der Waals surface area (Å²) in [7, 11) is 1.94. The highest BCUT2D eigenvalue weighted by molar-refractivity contribution is 5.19. The zero-order valence-electron chi connectivity index (χ0n) is 10.4. The van der Waals surface area contributed by atoms with E-state index in [2.05, 4.69) is 0 Å². The van der Waals surface area contributed by atoms with Crippen LogP contribution < -0.4 is 5.73 Å². The highest BCUT2D eigenvalue weighted by atomic mass is 19.1. The molecule has 0 amide bonds. The van der Waals surface area contributed by atoms with Gasteiger partial charge in [0, 0.05) is 24.2 Å². The maximum absolute atomic E-state index is 13.5. The summed E-state index contributed by atoms with van der Waals surface area (Å²) in [6.07, 6.45) is 1.63. The fraction of sp³-hybridized carbons (Fsp3) is 0.286. The summed E-state index contributed by atoms with van der Waals surface area (Å²) in [6, 6.07) is 8.72. The first-order valence-electron chi connectivity index (χ1n) is 5.88. The molecule has 0 aliphatic heterocycles. The van der Waals surface area contributed by atoms with Crippen molar-refractivity contribution in [1.29, 1.82) is 0 Å². The molecular weight excluding hydrogens is 231 g/mol. The van der Waals surface area contributed by atoms with Gasteiger partial charge in [0.1, 0.15) is 11.6 Å². The van der Waals surface area contributed by atoms with Gasteiger partial charge in [-0.25, -0.2) is 4.39 Å². The van der Waals surface area contributed by atoms with E-state index in [1.54, 1.807) is 18.4 Å². The van der Waals surface area contributed by atoms with Crippen molar-refractivity contribution in [3.8, 4) is 0 Å². The van der Waals surface area contributed by atoms with E-state index in [0.717, 1.165) is 11.3 Å². The van der Waals surface area contributed by atoms with Gasteiger partial charge in [-0.2, -0.15) is 0 Å². The van der Waals surface area contributed by atoms with Gasteiger partial charge in [0.05, 0.1) is 12.8 Å². The largest absolute Gasteiger partial charge is 0.468 e. The standard InChI is InChI=1S/C14H17FN2O/c1-17(9-11-4-2-3-5-13(11)15)10-12-6-7-18-14(12)8-16/h2-7H,8-10,16H2,1H3. The molecular formula is C14H17FN2O. The van der Waals surface area contributed by atoms with E-state index in [1.807, 2.05) is 24.1 Å². The van der Waals surface area contributed by atoms with E-state index in [9.17, 15) is 4.39 Å². The summed E-state index contributed by atoms with van der Waals surface area (Å²) < 4.78 is 18.8. The summed E-state index contributed by atoms with van der Waals surface area (Å²) in [5.41, 5.74) is 7.32. The summed E-state index contributed by atoms with van der Waals surface area (Å²) in [6.45, 7) is 1.63. The molecule has 0 atom stereocenters. The average Bonchev–Trinajstić information content (AvgIpc) is 2.79. The number of hydrogen-bond donors (Lipinski definition) is 1. The van der Waals surface area contributed by atoms with Gasteiger partial charge in [-0.3, -0.25) is 4.90 Å². The molecule has 1 heterocycles. The second-order valence-corrected chi connectivity index (χ2v) is 4.34. The number of rotatable bonds is 5. The van der Waals surface area contributed by atoms with Crippen LogP contribution in [0, 0.1) is 5.82 Å². The average molecular weight is 248 g/mol. The zero-order valence-corrected chi connectivity index (χ0v) is 10.4. The predicted molar refractivity (Wildman–Crippen MR) is 68.2 cm³/mol. The zero-order chi connectivity index (χ0) is 13.0. The molecule has 0 saturated heterocycles. The Labute approximate surface area is 106 Å². The smallest absolute Gasteiger partial charge is 0.127 e. The first-order valence-corrected chi connectivity index (χ1v) is 5.88. The monoisotopic (exact) mass is 248 g/mol. The van der Waals surface area contributed by atoms with Crippen molar-refractivity contribution in [3.63, 3.8) is 0 Å². The quantitative estimate of drug-likeness (QED) is 0.884. The molecule has 0 unspecified atom stereocenters. The number of nitrogens with two attached hydrogens (primary N) is 1. The first kappa shape index (κ1) is 12.8. The minimum atomic E-state index is -0.171. The molecule has 4 heteroatoms. The molecule has 2 rings (SSSR count). The number of nitrogens with zero attached hydrogens (tertiary/aromatic N) is 1. The Morgan fingerprint density at radius 2 is 1.89 bits per heavy atom. The van der Waals surface area contributed by atoms with Crippen LogP contribution in [0.15, 0.2) is 41.0 Å². The number of benzene rings is 1. The molecule has 0 bridgehead atoms. The fourth-order valence-corrected chi connectivity index (χ4v) is 1.95.